The van der Waals surface area contributed by atoms with Crippen molar-refractivity contribution in [3.63, 3.8) is 0 Å². The molecule has 0 radical (unpaired) electrons. The number of nitrogens with zero attached hydrogens (tertiary/aromatic N) is 3. The molecule has 2 rings (SSSR count). The molecule has 16 heavy (non-hydrogen) atoms. The molecule has 1 aromatic heterocycles. The van der Waals surface area contributed by atoms with Crippen molar-refractivity contribution in [1.29, 1.82) is 0 Å². The predicted octanol–water partition coefficient (Wildman–Crippen LogP) is -0.275. The maximum Gasteiger partial charge on any atom is 0.274 e. The summed E-state index contributed by atoms with van der Waals surface area (Å²) in [6, 6.07) is 0. The van der Waals surface area contributed by atoms with Crippen LogP contribution in [0.1, 0.15) is 16.9 Å². The van der Waals surface area contributed by atoms with Gasteiger partial charge in [-0.25, -0.2) is 9.97 Å². The van der Waals surface area contributed by atoms with E-state index < -0.39 is 6.10 Å². The number of carbonyl (C=O) groups excluding carboxylic acids is 1. The molecule has 1 amide bonds. The summed E-state index contributed by atoms with van der Waals surface area (Å²) in [6.45, 7) is 0.962. The van der Waals surface area contributed by atoms with Crippen LogP contribution in [0.4, 0.5) is 5.82 Å². The first-order valence-corrected chi connectivity index (χ1v) is 5.18. The lowest BCUT2D eigenvalue weighted by Crippen LogP contribution is -2.30. The van der Waals surface area contributed by atoms with Gasteiger partial charge in [0.25, 0.3) is 5.91 Å². The van der Waals surface area contributed by atoms with E-state index in [0.29, 0.717) is 31.0 Å². The zero-order chi connectivity index (χ0) is 11.5. The number of carbonyl (C=O) groups is 1. The van der Waals surface area contributed by atoms with E-state index in [-0.39, 0.29) is 5.91 Å². The molecule has 6 heteroatoms. The maximum absolute atomic E-state index is 11.9. The minimum atomic E-state index is -0.409. The van der Waals surface area contributed by atoms with E-state index in [1.54, 1.807) is 11.9 Å². The van der Waals surface area contributed by atoms with E-state index in [1.165, 1.54) is 12.4 Å². The molecule has 1 aliphatic heterocycles. The van der Waals surface area contributed by atoms with Crippen molar-refractivity contribution in [1.82, 2.24) is 14.9 Å². The van der Waals surface area contributed by atoms with Gasteiger partial charge in [0.1, 0.15) is 11.5 Å². The van der Waals surface area contributed by atoms with Gasteiger partial charge < -0.3 is 15.3 Å². The van der Waals surface area contributed by atoms with E-state index in [4.69, 9.17) is 0 Å². The Bertz CT molecular complexity index is 379. The Morgan fingerprint density at radius 1 is 1.56 bits per heavy atom. The van der Waals surface area contributed by atoms with Crippen LogP contribution in [0.3, 0.4) is 0 Å². The lowest BCUT2D eigenvalue weighted by atomic mass is 10.3. The summed E-state index contributed by atoms with van der Waals surface area (Å²) >= 11 is 0. The van der Waals surface area contributed by atoms with Crippen LogP contribution in [0.25, 0.3) is 0 Å². The lowest BCUT2D eigenvalue weighted by Gasteiger charge is -2.14. The van der Waals surface area contributed by atoms with Crippen molar-refractivity contribution in [2.75, 3.05) is 25.5 Å². The normalized spacial score (nSPS) is 19.9. The Morgan fingerprint density at radius 2 is 2.38 bits per heavy atom. The molecule has 0 spiro atoms. The van der Waals surface area contributed by atoms with Gasteiger partial charge in [0.2, 0.25) is 0 Å². The molecule has 0 aromatic carbocycles. The van der Waals surface area contributed by atoms with Gasteiger partial charge in [0.15, 0.2) is 0 Å². The molecular formula is C10H14N4O2. The third-order valence-corrected chi connectivity index (χ3v) is 2.58. The first kappa shape index (κ1) is 10.8. The summed E-state index contributed by atoms with van der Waals surface area (Å²) < 4.78 is 0. The number of aliphatic hydroxyl groups is 1. The molecule has 0 aliphatic carbocycles. The largest absolute Gasteiger partial charge is 0.391 e. The number of β-amino-alcohol motifs (C(OH)–C–C–N with tert-alkyl or cyclic N) is 1. The number of anilines is 1. The Morgan fingerprint density at radius 3 is 2.88 bits per heavy atom. The number of amides is 1. The fourth-order valence-electron chi connectivity index (χ4n) is 1.66. The molecule has 1 aliphatic rings. The van der Waals surface area contributed by atoms with Crippen molar-refractivity contribution < 1.29 is 9.90 Å². The average Bonchev–Trinajstić information content (AvgIpc) is 2.75. The SMILES string of the molecule is CNc1cnc(C(=O)N2CCC(O)C2)cn1. The highest BCUT2D eigenvalue weighted by Crippen LogP contribution is 2.12. The van der Waals surface area contributed by atoms with Crippen molar-refractivity contribution in [3.8, 4) is 0 Å². The third-order valence-electron chi connectivity index (χ3n) is 2.58. The van der Waals surface area contributed by atoms with Crippen molar-refractivity contribution in [2.45, 2.75) is 12.5 Å². The minimum Gasteiger partial charge on any atom is -0.391 e. The highest BCUT2D eigenvalue weighted by molar-refractivity contribution is 5.92. The second-order valence-corrected chi connectivity index (χ2v) is 3.73. The van der Waals surface area contributed by atoms with Gasteiger partial charge in [-0.15, -0.1) is 0 Å². The Kier molecular flexibility index (Phi) is 3.00. The molecule has 2 N–H and O–H groups in total. The smallest absolute Gasteiger partial charge is 0.274 e. The second-order valence-electron chi connectivity index (χ2n) is 3.73. The number of rotatable bonds is 2. The summed E-state index contributed by atoms with van der Waals surface area (Å²) in [5.41, 5.74) is 0.313. The second kappa shape index (κ2) is 4.44. The van der Waals surface area contributed by atoms with Gasteiger partial charge in [0, 0.05) is 20.1 Å². The molecule has 2 heterocycles. The number of hydrogen-bond acceptors (Lipinski definition) is 5. The van der Waals surface area contributed by atoms with Crippen molar-refractivity contribution >= 4 is 11.7 Å². The van der Waals surface area contributed by atoms with Crippen LogP contribution in [-0.4, -0.2) is 52.1 Å². The number of aromatic nitrogens is 2. The van der Waals surface area contributed by atoms with Crippen LogP contribution in [0.2, 0.25) is 0 Å². The Hall–Kier alpha value is -1.69. The van der Waals surface area contributed by atoms with Crippen LogP contribution >= 0.6 is 0 Å². The molecule has 1 unspecified atom stereocenters. The Balaban J connectivity index is 2.08. The van der Waals surface area contributed by atoms with Crippen LogP contribution in [-0.2, 0) is 0 Å². The Labute approximate surface area is 93.3 Å². The molecule has 1 aromatic rings. The van der Waals surface area contributed by atoms with Crippen LogP contribution in [0.15, 0.2) is 12.4 Å². The molecule has 86 valence electrons. The number of aliphatic hydroxyl groups excluding tert-OH is 1. The summed E-state index contributed by atoms with van der Waals surface area (Å²) in [4.78, 5) is 21.5. The fourth-order valence-corrected chi connectivity index (χ4v) is 1.66. The van der Waals surface area contributed by atoms with Gasteiger partial charge >= 0.3 is 0 Å². The van der Waals surface area contributed by atoms with Gasteiger partial charge in [-0.1, -0.05) is 0 Å². The lowest BCUT2D eigenvalue weighted by molar-refractivity contribution is 0.0759. The number of likely N-dealkylation sites (tertiary alicyclic amines) is 1. The predicted molar refractivity (Wildman–Crippen MR) is 58.1 cm³/mol. The van der Waals surface area contributed by atoms with Crippen LogP contribution in [0.5, 0.6) is 0 Å². The summed E-state index contributed by atoms with van der Waals surface area (Å²) in [5.74, 6) is 0.449. The number of nitrogens with one attached hydrogen (secondary N) is 1. The highest BCUT2D eigenvalue weighted by Gasteiger charge is 2.26. The topological polar surface area (TPSA) is 78.4 Å². The van der Waals surface area contributed by atoms with Crippen LogP contribution in [0, 0.1) is 0 Å². The molecule has 1 atom stereocenters. The van der Waals surface area contributed by atoms with Crippen LogP contribution < -0.4 is 5.32 Å². The number of hydrogen-bond donors (Lipinski definition) is 2. The first-order chi connectivity index (χ1) is 7.70. The van der Waals surface area contributed by atoms with Crippen molar-refractivity contribution in [2.24, 2.45) is 0 Å². The minimum absolute atomic E-state index is 0.174. The van der Waals surface area contributed by atoms with Gasteiger partial charge in [-0.2, -0.15) is 0 Å². The molecule has 1 saturated heterocycles. The third kappa shape index (κ3) is 2.11. The van der Waals surface area contributed by atoms with E-state index in [2.05, 4.69) is 15.3 Å². The zero-order valence-corrected chi connectivity index (χ0v) is 9.05. The van der Waals surface area contributed by atoms with Gasteiger partial charge in [-0.3, -0.25) is 4.79 Å². The molecule has 0 saturated carbocycles. The molecular weight excluding hydrogens is 208 g/mol. The summed E-state index contributed by atoms with van der Waals surface area (Å²) in [7, 11) is 1.74. The van der Waals surface area contributed by atoms with Crippen molar-refractivity contribution in [3.05, 3.63) is 18.1 Å². The van der Waals surface area contributed by atoms with Gasteiger partial charge in [0.05, 0.1) is 18.5 Å². The molecule has 6 nitrogen and oxygen atoms in total. The zero-order valence-electron chi connectivity index (χ0n) is 9.05. The quantitative estimate of drug-likeness (QED) is 0.720. The standard InChI is InChI=1S/C10H14N4O2/c1-11-9-5-12-8(4-13-9)10(16)14-3-2-7(15)6-14/h4-5,7,15H,2-3,6H2,1H3,(H,11,13). The van der Waals surface area contributed by atoms with E-state index in [1.807, 2.05) is 0 Å². The fraction of sp³-hybridized carbons (Fsp3) is 0.500. The molecule has 1 fully saturated rings. The van der Waals surface area contributed by atoms with E-state index in [9.17, 15) is 9.90 Å². The monoisotopic (exact) mass is 222 g/mol. The first-order valence-electron chi connectivity index (χ1n) is 5.18. The summed E-state index contributed by atoms with van der Waals surface area (Å²) in [6.07, 6.45) is 3.18. The highest BCUT2D eigenvalue weighted by atomic mass is 16.3. The van der Waals surface area contributed by atoms with Gasteiger partial charge in [-0.05, 0) is 6.42 Å². The van der Waals surface area contributed by atoms with E-state index in [0.717, 1.165) is 0 Å². The maximum atomic E-state index is 11.9. The molecule has 0 bridgehead atoms. The van der Waals surface area contributed by atoms with E-state index >= 15 is 0 Å². The average molecular weight is 222 g/mol. The summed E-state index contributed by atoms with van der Waals surface area (Å²) in [5, 5.41) is 12.2.